The quantitative estimate of drug-likeness (QED) is 0.396. The van der Waals surface area contributed by atoms with E-state index < -0.39 is 0 Å². The molecule has 2 aromatic carbocycles. The third-order valence-corrected chi connectivity index (χ3v) is 8.50. The Labute approximate surface area is 229 Å². The summed E-state index contributed by atoms with van der Waals surface area (Å²) in [6.45, 7) is 5.77. The highest BCUT2D eigenvalue weighted by molar-refractivity contribution is 7.97. The summed E-state index contributed by atoms with van der Waals surface area (Å²) in [6.07, 6.45) is 7.27. The maximum atomic E-state index is 13.3. The lowest BCUT2D eigenvalue weighted by atomic mass is 9.72. The molecule has 0 saturated carbocycles. The van der Waals surface area contributed by atoms with Crippen molar-refractivity contribution in [3.63, 3.8) is 0 Å². The molecule has 2 N–H and O–H groups in total. The second kappa shape index (κ2) is 12.7. The number of carbonyl (C=O) groups excluding carboxylic acids is 1. The summed E-state index contributed by atoms with van der Waals surface area (Å²) < 4.78 is 5.72. The normalized spacial score (nSPS) is 18.9. The molecule has 1 spiro atoms. The molecule has 1 unspecified atom stereocenters. The van der Waals surface area contributed by atoms with Crippen molar-refractivity contribution < 1.29 is 9.53 Å². The van der Waals surface area contributed by atoms with Crippen LogP contribution in [0.4, 0.5) is 5.82 Å². The van der Waals surface area contributed by atoms with Gasteiger partial charge in [0.1, 0.15) is 12.1 Å². The van der Waals surface area contributed by atoms with E-state index in [1.807, 2.05) is 11.8 Å². The van der Waals surface area contributed by atoms with Gasteiger partial charge >= 0.3 is 0 Å². The molecule has 2 fully saturated rings. The minimum Gasteiger partial charge on any atom is -0.381 e. The van der Waals surface area contributed by atoms with Crippen molar-refractivity contribution in [3.05, 3.63) is 89.4 Å². The van der Waals surface area contributed by atoms with Crippen molar-refractivity contribution in [1.29, 1.82) is 0 Å². The molecule has 0 bridgehead atoms. The van der Waals surface area contributed by atoms with Gasteiger partial charge in [0, 0.05) is 57.9 Å². The van der Waals surface area contributed by atoms with Crippen LogP contribution in [-0.2, 0) is 23.6 Å². The molecule has 7 nitrogen and oxygen atoms in total. The number of rotatable bonds is 10. The van der Waals surface area contributed by atoms with E-state index >= 15 is 0 Å². The number of anilines is 1. The van der Waals surface area contributed by atoms with Crippen molar-refractivity contribution >= 4 is 23.5 Å². The zero-order valence-electron chi connectivity index (χ0n) is 22.1. The van der Waals surface area contributed by atoms with Crippen LogP contribution in [0.15, 0.2) is 67.1 Å². The molecule has 3 heterocycles. The van der Waals surface area contributed by atoms with Gasteiger partial charge in [0.25, 0.3) is 5.91 Å². The first kappa shape index (κ1) is 26.7. The SMILES string of the molecule is CSCc1ccc(CNc2ncncc2C(=O)NCC2CN(Cc3ccccc3)CC23CCOCC3)cc1. The van der Waals surface area contributed by atoms with E-state index in [9.17, 15) is 4.79 Å². The number of benzene rings is 2. The Morgan fingerprint density at radius 2 is 1.84 bits per heavy atom. The Balaban J connectivity index is 1.21. The second-order valence-corrected chi connectivity index (χ2v) is 11.3. The number of likely N-dealkylation sites (tertiary alicyclic amines) is 1. The van der Waals surface area contributed by atoms with Gasteiger partial charge in [0.15, 0.2) is 0 Å². The largest absolute Gasteiger partial charge is 0.381 e. The van der Waals surface area contributed by atoms with Gasteiger partial charge in [-0.15, -0.1) is 0 Å². The monoisotopic (exact) mass is 531 g/mol. The molecular weight excluding hydrogens is 494 g/mol. The molecule has 2 aliphatic rings. The number of thioether (sulfide) groups is 1. The zero-order chi connectivity index (χ0) is 26.2. The number of hydrogen-bond acceptors (Lipinski definition) is 7. The van der Waals surface area contributed by atoms with Crippen molar-refractivity contribution in [2.75, 3.05) is 44.4 Å². The highest BCUT2D eigenvalue weighted by Crippen LogP contribution is 2.44. The van der Waals surface area contributed by atoms with Gasteiger partial charge in [-0.2, -0.15) is 11.8 Å². The van der Waals surface area contributed by atoms with E-state index in [-0.39, 0.29) is 11.3 Å². The summed E-state index contributed by atoms with van der Waals surface area (Å²) in [7, 11) is 0. The van der Waals surface area contributed by atoms with Crippen LogP contribution in [0.3, 0.4) is 0 Å². The molecule has 2 saturated heterocycles. The summed E-state index contributed by atoms with van der Waals surface area (Å²) in [5.41, 5.74) is 4.43. The van der Waals surface area contributed by atoms with Crippen molar-refractivity contribution in [2.45, 2.75) is 31.7 Å². The summed E-state index contributed by atoms with van der Waals surface area (Å²) >= 11 is 1.81. The van der Waals surface area contributed by atoms with Crippen LogP contribution >= 0.6 is 11.8 Å². The molecule has 1 amide bonds. The van der Waals surface area contributed by atoms with E-state index in [0.29, 0.717) is 30.4 Å². The molecule has 0 radical (unpaired) electrons. The highest BCUT2D eigenvalue weighted by atomic mass is 32.2. The third-order valence-electron chi connectivity index (χ3n) is 7.88. The number of carbonyl (C=O) groups is 1. The minimum absolute atomic E-state index is 0.132. The third kappa shape index (κ3) is 6.54. The van der Waals surface area contributed by atoms with Crippen LogP contribution in [-0.4, -0.2) is 59.9 Å². The van der Waals surface area contributed by atoms with Crippen LogP contribution in [0.1, 0.15) is 39.9 Å². The Morgan fingerprint density at radius 3 is 2.61 bits per heavy atom. The van der Waals surface area contributed by atoms with Crippen LogP contribution < -0.4 is 10.6 Å². The Morgan fingerprint density at radius 1 is 1.08 bits per heavy atom. The van der Waals surface area contributed by atoms with E-state index in [1.165, 1.54) is 17.5 Å². The van der Waals surface area contributed by atoms with Crippen LogP contribution in [0.5, 0.6) is 0 Å². The van der Waals surface area contributed by atoms with Crippen molar-refractivity contribution in [1.82, 2.24) is 20.2 Å². The topological polar surface area (TPSA) is 79.4 Å². The molecule has 200 valence electrons. The first-order chi connectivity index (χ1) is 18.6. The lowest BCUT2D eigenvalue weighted by Crippen LogP contribution is -2.42. The van der Waals surface area contributed by atoms with E-state index in [4.69, 9.17) is 4.74 Å². The lowest BCUT2D eigenvalue weighted by Gasteiger charge is -2.38. The average Bonchev–Trinajstić information content (AvgIpc) is 3.27. The Bertz CT molecular complexity index is 1180. The molecule has 1 aromatic heterocycles. The van der Waals surface area contributed by atoms with Gasteiger partial charge in [-0.05, 0) is 47.1 Å². The number of nitrogens with one attached hydrogen (secondary N) is 2. The van der Waals surface area contributed by atoms with Gasteiger partial charge in [-0.25, -0.2) is 9.97 Å². The van der Waals surface area contributed by atoms with Gasteiger partial charge in [0.05, 0.1) is 5.56 Å². The minimum atomic E-state index is -0.132. The number of aromatic nitrogens is 2. The first-order valence-electron chi connectivity index (χ1n) is 13.4. The number of amides is 1. The maximum Gasteiger partial charge on any atom is 0.256 e. The van der Waals surface area contributed by atoms with E-state index in [0.717, 1.165) is 57.0 Å². The molecule has 0 aliphatic carbocycles. The molecule has 3 aromatic rings. The molecule has 8 heteroatoms. The predicted octanol–water partition coefficient (Wildman–Crippen LogP) is 4.61. The van der Waals surface area contributed by atoms with Gasteiger partial charge in [-0.1, -0.05) is 54.6 Å². The number of nitrogens with zero attached hydrogens (tertiary/aromatic N) is 3. The summed E-state index contributed by atoms with van der Waals surface area (Å²) in [6, 6.07) is 19.2. The van der Waals surface area contributed by atoms with E-state index in [1.54, 1.807) is 6.20 Å². The van der Waals surface area contributed by atoms with Crippen LogP contribution in [0, 0.1) is 11.3 Å². The molecular formula is C30H37N5O2S. The van der Waals surface area contributed by atoms with Crippen molar-refractivity contribution in [2.24, 2.45) is 11.3 Å². The summed E-state index contributed by atoms with van der Waals surface area (Å²) in [4.78, 5) is 24.4. The number of ether oxygens (including phenoxy) is 1. The Hall–Kier alpha value is -2.94. The molecule has 2 aliphatic heterocycles. The van der Waals surface area contributed by atoms with Crippen molar-refractivity contribution in [3.8, 4) is 0 Å². The second-order valence-electron chi connectivity index (χ2n) is 10.4. The zero-order valence-corrected chi connectivity index (χ0v) is 22.9. The standard InChI is InChI=1S/C30H37N5O2S/c1-38-20-25-9-7-23(8-10-25)15-32-28-27(17-31-22-34-28)29(36)33-16-26-19-35(18-24-5-3-2-4-6-24)21-30(26)11-13-37-14-12-30/h2-10,17,22,26H,11-16,18-21H2,1H3,(H,33,36)(H,31,32,34). The summed E-state index contributed by atoms with van der Waals surface area (Å²) in [5, 5.41) is 6.57. The first-order valence-corrected chi connectivity index (χ1v) is 14.8. The van der Waals surface area contributed by atoms with Gasteiger partial charge in [0.2, 0.25) is 0 Å². The molecule has 38 heavy (non-hydrogen) atoms. The fourth-order valence-electron chi connectivity index (χ4n) is 5.79. The average molecular weight is 532 g/mol. The highest BCUT2D eigenvalue weighted by Gasteiger charge is 2.47. The lowest BCUT2D eigenvalue weighted by molar-refractivity contribution is -0.000220. The molecule has 1 atom stereocenters. The number of hydrogen-bond donors (Lipinski definition) is 2. The van der Waals surface area contributed by atoms with Gasteiger partial charge in [-0.3, -0.25) is 9.69 Å². The fourth-order valence-corrected chi connectivity index (χ4v) is 6.31. The maximum absolute atomic E-state index is 13.3. The van der Waals surface area contributed by atoms with Crippen LogP contribution in [0.25, 0.3) is 0 Å². The fraction of sp³-hybridized carbons (Fsp3) is 0.433. The van der Waals surface area contributed by atoms with Crippen LogP contribution in [0.2, 0.25) is 0 Å². The van der Waals surface area contributed by atoms with Gasteiger partial charge < -0.3 is 15.4 Å². The van der Waals surface area contributed by atoms with E-state index in [2.05, 4.69) is 86.4 Å². The molecule has 5 rings (SSSR count). The Kier molecular flexibility index (Phi) is 8.94. The smallest absolute Gasteiger partial charge is 0.256 e. The predicted molar refractivity (Wildman–Crippen MR) is 153 cm³/mol. The summed E-state index contributed by atoms with van der Waals surface area (Å²) in [5.74, 6) is 1.80.